The van der Waals surface area contributed by atoms with Crippen LogP contribution in [0.5, 0.6) is 11.6 Å². The van der Waals surface area contributed by atoms with Gasteiger partial charge in [-0.25, -0.2) is 8.42 Å². The van der Waals surface area contributed by atoms with Crippen LogP contribution >= 0.6 is 24.0 Å². The summed E-state index contributed by atoms with van der Waals surface area (Å²) in [5.74, 6) is 0.0796. The van der Waals surface area contributed by atoms with Crippen LogP contribution in [0.4, 0.5) is 0 Å². The fraction of sp³-hybridized carbons (Fsp3) is 0.250. The molecule has 3 aromatic rings. The van der Waals surface area contributed by atoms with E-state index in [0.717, 1.165) is 22.9 Å². The number of fused-ring (bicyclic) bond motifs is 1. The van der Waals surface area contributed by atoms with Crippen LogP contribution in [-0.2, 0) is 14.6 Å². The second-order valence-corrected chi connectivity index (χ2v) is 12.5. The van der Waals surface area contributed by atoms with E-state index in [1.807, 2.05) is 32.0 Å². The summed E-state index contributed by atoms with van der Waals surface area (Å²) in [6, 6.07) is 10.4. The Kier molecular flexibility index (Phi) is 6.02. The lowest BCUT2D eigenvalue weighted by atomic mass is 10.1. The summed E-state index contributed by atoms with van der Waals surface area (Å²) in [4.78, 5) is 32.8. The summed E-state index contributed by atoms with van der Waals surface area (Å²) in [5, 5.41) is 0. The molecule has 0 spiro atoms. The molecule has 1 aromatic carbocycles. The van der Waals surface area contributed by atoms with Crippen molar-refractivity contribution in [1.82, 2.24) is 14.3 Å². The number of thiocarbonyl (C=S) groups is 1. The summed E-state index contributed by atoms with van der Waals surface area (Å²) in [5.41, 5.74) is 2.09. The van der Waals surface area contributed by atoms with Gasteiger partial charge in [0, 0.05) is 6.20 Å². The van der Waals surface area contributed by atoms with Crippen LogP contribution in [0.2, 0.25) is 0 Å². The van der Waals surface area contributed by atoms with Crippen LogP contribution in [0, 0.1) is 13.8 Å². The molecule has 4 heterocycles. The topological polar surface area (TPSA) is 98.1 Å². The third-order valence-corrected chi connectivity index (χ3v) is 8.90. The number of amides is 1. The van der Waals surface area contributed by atoms with Crippen molar-refractivity contribution in [3.8, 4) is 11.6 Å². The van der Waals surface area contributed by atoms with Gasteiger partial charge in [-0.3, -0.25) is 18.9 Å². The number of aromatic nitrogens is 2. The molecule has 2 aliphatic heterocycles. The minimum atomic E-state index is -3.20. The zero-order valence-electron chi connectivity index (χ0n) is 18.9. The first-order valence-electron chi connectivity index (χ1n) is 10.9. The molecule has 180 valence electrons. The third kappa shape index (κ3) is 4.63. The summed E-state index contributed by atoms with van der Waals surface area (Å²) in [6.45, 7) is 3.88. The van der Waals surface area contributed by atoms with Crippen molar-refractivity contribution in [2.24, 2.45) is 0 Å². The molecule has 1 unspecified atom stereocenters. The molecule has 1 atom stereocenters. The van der Waals surface area contributed by atoms with E-state index in [-0.39, 0.29) is 32.2 Å². The minimum Gasteiger partial charge on any atom is -0.438 e. The van der Waals surface area contributed by atoms with E-state index in [9.17, 15) is 18.0 Å². The van der Waals surface area contributed by atoms with E-state index in [4.69, 9.17) is 17.0 Å². The van der Waals surface area contributed by atoms with E-state index in [1.165, 1.54) is 15.4 Å². The van der Waals surface area contributed by atoms with Crippen molar-refractivity contribution in [1.29, 1.82) is 0 Å². The van der Waals surface area contributed by atoms with Gasteiger partial charge in [0.05, 0.1) is 22.5 Å². The number of benzene rings is 1. The van der Waals surface area contributed by atoms with Crippen molar-refractivity contribution >= 4 is 55.8 Å². The van der Waals surface area contributed by atoms with Crippen molar-refractivity contribution in [2.45, 2.75) is 26.3 Å². The van der Waals surface area contributed by atoms with Crippen LogP contribution in [0.3, 0.4) is 0 Å². The number of hydrogen-bond donors (Lipinski definition) is 0. The van der Waals surface area contributed by atoms with Gasteiger partial charge in [-0.2, -0.15) is 4.98 Å². The molecular weight excluding hydrogens is 506 g/mol. The van der Waals surface area contributed by atoms with Gasteiger partial charge in [0.1, 0.15) is 21.3 Å². The first kappa shape index (κ1) is 23.7. The summed E-state index contributed by atoms with van der Waals surface area (Å²) >= 11 is 6.44. The lowest BCUT2D eigenvalue weighted by Gasteiger charge is -2.20. The highest BCUT2D eigenvalue weighted by molar-refractivity contribution is 8.26. The quantitative estimate of drug-likeness (QED) is 0.376. The standard InChI is InChI=1S/C24H21N3O5S3/c1-14-9-15(2)11-17(10-14)32-21-18(22(28)26-7-4-3-5-20(26)25-21)12-19-23(29)27(24(33)34-19)16-6-8-35(30,31)13-16/h3-5,7,9-12,16H,6,8,13H2,1-2H3/b19-12+. The number of nitrogens with zero attached hydrogens (tertiary/aromatic N) is 3. The van der Waals surface area contributed by atoms with Gasteiger partial charge in [0.25, 0.3) is 11.5 Å². The van der Waals surface area contributed by atoms with Gasteiger partial charge in [-0.1, -0.05) is 36.1 Å². The minimum absolute atomic E-state index is 0.0254. The van der Waals surface area contributed by atoms with Crippen LogP contribution in [0.15, 0.2) is 52.3 Å². The molecule has 2 aliphatic rings. The Bertz CT molecular complexity index is 1570. The Balaban J connectivity index is 1.59. The molecule has 35 heavy (non-hydrogen) atoms. The maximum absolute atomic E-state index is 13.4. The van der Waals surface area contributed by atoms with Crippen molar-refractivity contribution in [3.05, 3.63) is 74.5 Å². The average Bonchev–Trinajstić information content (AvgIpc) is 3.27. The highest BCUT2D eigenvalue weighted by Gasteiger charge is 2.42. The predicted molar refractivity (Wildman–Crippen MR) is 140 cm³/mol. The smallest absolute Gasteiger partial charge is 0.269 e. The largest absolute Gasteiger partial charge is 0.438 e. The molecule has 0 aliphatic carbocycles. The number of thioether (sulfide) groups is 1. The first-order valence-corrected chi connectivity index (χ1v) is 13.9. The zero-order chi connectivity index (χ0) is 24.9. The van der Waals surface area contributed by atoms with Crippen LogP contribution in [-0.4, -0.2) is 50.5 Å². The second kappa shape index (κ2) is 8.89. The molecule has 0 N–H and O–H groups in total. The van der Waals surface area contributed by atoms with Crippen molar-refractivity contribution < 1.29 is 17.9 Å². The zero-order valence-corrected chi connectivity index (χ0v) is 21.4. The molecule has 2 aromatic heterocycles. The lowest BCUT2D eigenvalue weighted by Crippen LogP contribution is -2.39. The highest BCUT2D eigenvalue weighted by atomic mass is 32.2. The molecule has 5 rings (SSSR count). The number of sulfone groups is 1. The number of carbonyl (C=O) groups excluding carboxylic acids is 1. The maximum atomic E-state index is 13.4. The highest BCUT2D eigenvalue weighted by Crippen LogP contribution is 2.37. The summed E-state index contributed by atoms with van der Waals surface area (Å²) < 4.78 is 31.6. The Labute approximate surface area is 211 Å². The van der Waals surface area contributed by atoms with E-state index in [1.54, 1.807) is 24.4 Å². The Hall–Kier alpha value is -3.02. The van der Waals surface area contributed by atoms with Gasteiger partial charge in [0.2, 0.25) is 5.88 Å². The number of hydrogen-bond acceptors (Lipinski definition) is 8. The van der Waals surface area contributed by atoms with Gasteiger partial charge in [-0.15, -0.1) is 0 Å². The molecule has 11 heteroatoms. The van der Waals surface area contributed by atoms with Crippen molar-refractivity contribution in [3.63, 3.8) is 0 Å². The average molecular weight is 528 g/mol. The van der Waals surface area contributed by atoms with E-state index < -0.39 is 27.3 Å². The molecular formula is C24H21N3O5S3. The number of carbonyl (C=O) groups is 1. The SMILES string of the molecule is Cc1cc(C)cc(Oc2nc3ccccn3c(=O)c2/C=C2/SC(=S)N(C3CCS(=O)(=O)C3)C2=O)c1. The van der Waals surface area contributed by atoms with E-state index >= 15 is 0 Å². The monoisotopic (exact) mass is 527 g/mol. The molecule has 8 nitrogen and oxygen atoms in total. The van der Waals surface area contributed by atoms with Crippen LogP contribution in [0.25, 0.3) is 11.7 Å². The Morgan fingerprint density at radius 2 is 1.91 bits per heavy atom. The van der Waals surface area contributed by atoms with Crippen molar-refractivity contribution in [2.75, 3.05) is 11.5 Å². The second-order valence-electron chi connectivity index (χ2n) is 8.60. The lowest BCUT2D eigenvalue weighted by molar-refractivity contribution is -0.123. The fourth-order valence-corrected chi connectivity index (χ4v) is 7.37. The van der Waals surface area contributed by atoms with Gasteiger partial charge in [0.15, 0.2) is 9.84 Å². The molecule has 0 bridgehead atoms. The molecule has 2 saturated heterocycles. The van der Waals surface area contributed by atoms with Gasteiger partial charge < -0.3 is 4.74 Å². The number of rotatable bonds is 4. The molecule has 1 amide bonds. The third-order valence-electron chi connectivity index (χ3n) is 5.82. The van der Waals surface area contributed by atoms with Crippen LogP contribution < -0.4 is 10.3 Å². The summed E-state index contributed by atoms with van der Waals surface area (Å²) in [6.07, 6.45) is 3.37. The number of aryl methyl sites for hydroxylation is 2. The van der Waals surface area contributed by atoms with E-state index in [2.05, 4.69) is 4.98 Å². The molecule has 0 saturated carbocycles. The summed E-state index contributed by atoms with van der Waals surface area (Å²) in [7, 11) is -3.20. The fourth-order valence-electron chi connectivity index (χ4n) is 4.29. The normalized spacial score (nSPS) is 20.8. The predicted octanol–water partition coefficient (Wildman–Crippen LogP) is 3.49. The van der Waals surface area contributed by atoms with Gasteiger partial charge >= 0.3 is 0 Å². The molecule has 2 fully saturated rings. The number of pyridine rings is 1. The Morgan fingerprint density at radius 3 is 2.60 bits per heavy atom. The molecule has 0 radical (unpaired) electrons. The van der Waals surface area contributed by atoms with Crippen LogP contribution in [0.1, 0.15) is 23.1 Å². The number of ether oxygens (including phenoxy) is 1. The van der Waals surface area contributed by atoms with Gasteiger partial charge in [-0.05, 0) is 61.7 Å². The van der Waals surface area contributed by atoms with E-state index in [0.29, 0.717) is 17.8 Å². The maximum Gasteiger partial charge on any atom is 0.269 e. The Morgan fingerprint density at radius 1 is 1.17 bits per heavy atom. The first-order chi connectivity index (χ1) is 16.6.